The van der Waals surface area contributed by atoms with Crippen LogP contribution in [0.25, 0.3) is 0 Å². The molecule has 90 valence electrons. The summed E-state index contributed by atoms with van der Waals surface area (Å²) < 4.78 is 5.03. The molecule has 1 aliphatic carbocycles. The van der Waals surface area contributed by atoms with Crippen LogP contribution in [-0.2, 0) is 14.3 Å². The van der Waals surface area contributed by atoms with Gasteiger partial charge in [-0.3, -0.25) is 0 Å². The third kappa shape index (κ3) is 2.28. The van der Waals surface area contributed by atoms with E-state index in [1.54, 1.807) is 0 Å². The Kier molecular flexibility index (Phi) is 3.65. The van der Waals surface area contributed by atoms with Crippen molar-refractivity contribution in [2.75, 3.05) is 7.11 Å². The van der Waals surface area contributed by atoms with Crippen LogP contribution in [0.1, 0.15) is 19.3 Å². The van der Waals surface area contributed by atoms with Gasteiger partial charge < -0.3 is 0 Å². The van der Waals surface area contributed by atoms with Crippen molar-refractivity contribution in [2.24, 2.45) is 0 Å². The van der Waals surface area contributed by atoms with E-state index < -0.39 is 4.31 Å². The molecule has 0 saturated heterocycles. The van der Waals surface area contributed by atoms with Crippen LogP contribution in [0.15, 0.2) is 30.3 Å². The molecule has 2 rings (SSSR count). The van der Waals surface area contributed by atoms with Gasteiger partial charge in [0.15, 0.2) is 0 Å². The van der Waals surface area contributed by atoms with Crippen LogP contribution in [0.3, 0.4) is 0 Å². The molecule has 1 unspecified atom stereocenters. The number of carbonyl (C=O) groups excluding carboxylic acids is 2. The molecule has 1 aliphatic rings. The van der Waals surface area contributed by atoms with Gasteiger partial charge in [0, 0.05) is 0 Å². The van der Waals surface area contributed by atoms with Crippen molar-refractivity contribution in [3.05, 3.63) is 30.3 Å². The van der Waals surface area contributed by atoms with Crippen molar-refractivity contribution in [1.29, 1.82) is 0 Å². The van der Waals surface area contributed by atoms with Crippen molar-refractivity contribution in [1.82, 2.24) is 0 Å². The molecule has 1 aromatic rings. The molecule has 3 nitrogen and oxygen atoms in total. The molecule has 0 spiro atoms. The first kappa shape index (κ1) is 12.3. The molecule has 0 bridgehead atoms. The Labute approximate surface area is 107 Å². The fourth-order valence-corrected chi connectivity index (χ4v) is 4.84. The van der Waals surface area contributed by atoms with E-state index in [9.17, 15) is 9.59 Å². The summed E-state index contributed by atoms with van der Waals surface area (Å²) in [5, 5.41) is 0. The molecule has 4 heteroatoms. The average Bonchev–Trinajstić information content (AvgIpc) is 2.72. The maximum absolute atomic E-state index is 12.0. The summed E-state index contributed by atoms with van der Waals surface area (Å²) in [5.74, 6) is -0.308. The molecule has 0 radical (unpaired) electrons. The minimum absolute atomic E-state index is 0.0493. The Morgan fingerprint density at radius 3 is 2.59 bits per heavy atom. The van der Waals surface area contributed by atoms with Crippen LogP contribution in [0.2, 0.25) is 4.31 Å². The maximum atomic E-state index is 12.0. The molecular formula is C13H14O3Se. The van der Waals surface area contributed by atoms with Crippen LogP contribution >= 0.6 is 0 Å². The molecule has 0 aliphatic heterocycles. The molecule has 0 N–H and O–H groups in total. The Balaban J connectivity index is 2.29. The number of rotatable bonds is 3. The van der Waals surface area contributed by atoms with Crippen molar-refractivity contribution in [2.45, 2.75) is 23.6 Å². The summed E-state index contributed by atoms with van der Waals surface area (Å²) in [6.45, 7) is 0. The Morgan fingerprint density at radius 1 is 1.35 bits per heavy atom. The van der Waals surface area contributed by atoms with E-state index in [1.165, 1.54) is 7.11 Å². The summed E-state index contributed by atoms with van der Waals surface area (Å²) in [5.41, 5.74) is 0. The Morgan fingerprint density at radius 2 is 2.06 bits per heavy atom. The fourth-order valence-electron chi connectivity index (χ4n) is 2.06. The molecule has 0 amide bonds. The van der Waals surface area contributed by atoms with E-state index in [1.807, 2.05) is 30.3 Å². The van der Waals surface area contributed by atoms with Crippen LogP contribution in [0.4, 0.5) is 0 Å². The number of methoxy groups -OCH3 is 1. The molecular weight excluding hydrogens is 283 g/mol. The first-order valence-electron chi connectivity index (χ1n) is 5.55. The van der Waals surface area contributed by atoms with Crippen molar-refractivity contribution >= 4 is 31.2 Å². The van der Waals surface area contributed by atoms with E-state index in [0.29, 0.717) is 12.8 Å². The number of carbonyl (C=O) groups is 2. The van der Waals surface area contributed by atoms with Gasteiger partial charge in [0.25, 0.3) is 0 Å². The van der Waals surface area contributed by atoms with Gasteiger partial charge in [-0.15, -0.1) is 0 Å². The zero-order chi connectivity index (χ0) is 12.3. The van der Waals surface area contributed by atoms with Crippen molar-refractivity contribution < 1.29 is 14.3 Å². The van der Waals surface area contributed by atoms with Gasteiger partial charge in [0.1, 0.15) is 0 Å². The third-order valence-corrected chi connectivity index (χ3v) is 5.99. The van der Waals surface area contributed by atoms with Crippen LogP contribution in [0.5, 0.6) is 0 Å². The normalized spacial score (nSPS) is 23.7. The van der Waals surface area contributed by atoms with E-state index in [4.69, 9.17) is 4.74 Å². The van der Waals surface area contributed by atoms with Crippen LogP contribution in [-0.4, -0.2) is 33.8 Å². The first-order valence-corrected chi connectivity index (χ1v) is 7.26. The summed E-state index contributed by atoms with van der Waals surface area (Å²) in [4.78, 5) is 23.9. The average molecular weight is 297 g/mol. The summed E-state index contributed by atoms with van der Waals surface area (Å²) in [6, 6.07) is 9.73. The standard InChI is InChI=1S/C13H14O3Se/c1-16-12(15)13(9-5-8-11(13)14)17-10-6-3-2-4-7-10/h2-4,6-7H,5,8-9H2,1H3. The number of benzene rings is 1. The summed E-state index contributed by atoms with van der Waals surface area (Å²) >= 11 is -0.186. The van der Waals surface area contributed by atoms with E-state index in [0.717, 1.165) is 10.9 Å². The molecule has 1 saturated carbocycles. The van der Waals surface area contributed by atoms with Gasteiger partial charge in [-0.05, 0) is 0 Å². The third-order valence-electron chi connectivity index (χ3n) is 2.93. The van der Waals surface area contributed by atoms with Crippen LogP contribution < -0.4 is 4.46 Å². The van der Waals surface area contributed by atoms with E-state index in [-0.39, 0.29) is 26.7 Å². The second kappa shape index (κ2) is 5.03. The Hall–Kier alpha value is -1.12. The SMILES string of the molecule is COC(=O)C1([Se]c2ccccc2)CCCC1=O. The second-order valence-corrected chi connectivity index (χ2v) is 6.89. The molecule has 0 aromatic heterocycles. The van der Waals surface area contributed by atoms with Gasteiger partial charge >= 0.3 is 107 Å². The number of ketones is 1. The number of hydrogen-bond donors (Lipinski definition) is 0. The van der Waals surface area contributed by atoms with Gasteiger partial charge in [-0.25, -0.2) is 0 Å². The monoisotopic (exact) mass is 298 g/mol. The van der Waals surface area contributed by atoms with Crippen molar-refractivity contribution in [3.63, 3.8) is 0 Å². The predicted molar refractivity (Wildman–Crippen MR) is 65.4 cm³/mol. The predicted octanol–water partition coefficient (Wildman–Crippen LogP) is 1.10. The van der Waals surface area contributed by atoms with Gasteiger partial charge in [-0.2, -0.15) is 0 Å². The number of hydrogen-bond acceptors (Lipinski definition) is 3. The Bertz CT molecular complexity index is 430. The van der Waals surface area contributed by atoms with Gasteiger partial charge in [-0.1, -0.05) is 0 Å². The zero-order valence-electron chi connectivity index (χ0n) is 9.64. The van der Waals surface area contributed by atoms with Crippen molar-refractivity contribution in [3.8, 4) is 0 Å². The van der Waals surface area contributed by atoms with E-state index >= 15 is 0 Å². The van der Waals surface area contributed by atoms with Gasteiger partial charge in [0.05, 0.1) is 0 Å². The van der Waals surface area contributed by atoms with E-state index in [2.05, 4.69) is 0 Å². The number of esters is 1. The first-order chi connectivity index (χ1) is 8.19. The fraction of sp³-hybridized carbons (Fsp3) is 0.385. The van der Waals surface area contributed by atoms with Crippen LogP contribution in [0, 0.1) is 0 Å². The van der Waals surface area contributed by atoms with Gasteiger partial charge in [0.2, 0.25) is 0 Å². The molecule has 0 heterocycles. The summed E-state index contributed by atoms with van der Waals surface area (Å²) in [7, 11) is 1.36. The topological polar surface area (TPSA) is 43.4 Å². The molecule has 17 heavy (non-hydrogen) atoms. The number of Topliss-reactive ketones (excluding diaryl/α,β-unsaturated/α-hetero) is 1. The molecule has 1 atom stereocenters. The molecule has 1 fully saturated rings. The summed E-state index contributed by atoms with van der Waals surface area (Å²) in [6.07, 6.45) is 1.93. The minimum atomic E-state index is -0.872. The number of ether oxygens (including phenoxy) is 1. The second-order valence-electron chi connectivity index (χ2n) is 4.01. The quantitative estimate of drug-likeness (QED) is 0.477. The zero-order valence-corrected chi connectivity index (χ0v) is 11.4. The molecule has 1 aromatic carbocycles.